The van der Waals surface area contributed by atoms with Crippen molar-refractivity contribution >= 4 is 29.2 Å². The highest BCUT2D eigenvalue weighted by molar-refractivity contribution is 6.32. The lowest BCUT2D eigenvalue weighted by atomic mass is 10.1. The number of anilines is 1. The molecule has 0 bridgehead atoms. The van der Waals surface area contributed by atoms with Gasteiger partial charge in [-0.15, -0.1) is 0 Å². The Bertz CT molecular complexity index is 812. The van der Waals surface area contributed by atoms with Gasteiger partial charge in [0.1, 0.15) is 17.2 Å². The lowest BCUT2D eigenvalue weighted by Crippen LogP contribution is -2.27. The van der Waals surface area contributed by atoms with Gasteiger partial charge in [-0.2, -0.15) is 0 Å². The topological polar surface area (TPSA) is 74.3 Å². The lowest BCUT2D eigenvalue weighted by Gasteiger charge is -2.25. The summed E-state index contributed by atoms with van der Waals surface area (Å²) in [7, 11) is 5.39. The maximum absolute atomic E-state index is 12.4. The quantitative estimate of drug-likeness (QED) is 0.728. The highest BCUT2D eigenvalue weighted by Crippen LogP contribution is 2.40. The predicted octanol–water partition coefficient (Wildman–Crippen LogP) is 2.85. The fourth-order valence-corrected chi connectivity index (χ4v) is 2.62. The summed E-state index contributed by atoms with van der Waals surface area (Å²) in [6.45, 7) is 0. The molecule has 1 aliphatic heterocycles. The number of methoxy groups -OCH3 is 4. The van der Waals surface area contributed by atoms with Crippen LogP contribution in [0, 0.1) is 0 Å². The van der Waals surface area contributed by atoms with Gasteiger partial charge in [-0.25, -0.2) is 9.59 Å². The summed E-state index contributed by atoms with van der Waals surface area (Å²) in [5, 5.41) is 0.303. The monoisotopic (exact) mass is 379 g/mol. The molecule has 0 aromatic heterocycles. The van der Waals surface area contributed by atoms with Crippen LogP contribution in [0.2, 0.25) is 5.02 Å². The maximum Gasteiger partial charge on any atom is 0.355 e. The van der Waals surface area contributed by atoms with Crippen molar-refractivity contribution in [2.75, 3.05) is 33.3 Å². The van der Waals surface area contributed by atoms with Gasteiger partial charge in [0.2, 0.25) is 0 Å². The fourth-order valence-electron chi connectivity index (χ4n) is 2.38. The predicted molar refractivity (Wildman–Crippen MR) is 96.4 cm³/mol. The van der Waals surface area contributed by atoms with E-state index in [1.807, 2.05) is 0 Å². The first-order chi connectivity index (χ1) is 12.5. The van der Waals surface area contributed by atoms with Gasteiger partial charge in [-0.05, 0) is 18.2 Å². The molecule has 0 unspecified atom stereocenters. The zero-order valence-electron chi connectivity index (χ0n) is 14.7. The Kier molecular flexibility index (Phi) is 6.30. The van der Waals surface area contributed by atoms with Crippen LogP contribution >= 0.6 is 11.6 Å². The highest BCUT2D eigenvalue weighted by Gasteiger charge is 2.29. The minimum atomic E-state index is -0.726. The zero-order chi connectivity index (χ0) is 19.3. The molecule has 1 heterocycles. The first-order valence-electron chi connectivity index (χ1n) is 7.45. The van der Waals surface area contributed by atoms with Crippen LogP contribution in [0.5, 0.6) is 11.5 Å². The van der Waals surface area contributed by atoms with Gasteiger partial charge in [0.15, 0.2) is 0 Å². The SMILES string of the molecule is COC(=O)C1=C(C(=O)OC)N(c2cc(Cl)c(OC)cc2OC)C=CC=C1. The fraction of sp³-hybridized carbons (Fsp3) is 0.222. The van der Waals surface area contributed by atoms with Crippen molar-refractivity contribution in [3.8, 4) is 11.5 Å². The molecule has 0 radical (unpaired) electrons. The molecule has 0 aliphatic carbocycles. The summed E-state index contributed by atoms with van der Waals surface area (Å²) >= 11 is 6.24. The number of esters is 2. The Hall–Kier alpha value is -2.93. The van der Waals surface area contributed by atoms with Crippen LogP contribution < -0.4 is 14.4 Å². The summed E-state index contributed by atoms with van der Waals surface area (Å²) < 4.78 is 20.2. The molecule has 8 heteroatoms. The van der Waals surface area contributed by atoms with E-state index in [2.05, 4.69) is 0 Å². The molecule has 0 atom stereocenters. The Morgan fingerprint density at radius 3 is 2.15 bits per heavy atom. The van der Waals surface area contributed by atoms with Crippen LogP contribution in [-0.4, -0.2) is 40.4 Å². The number of nitrogens with zero attached hydrogens (tertiary/aromatic N) is 1. The van der Waals surface area contributed by atoms with E-state index in [1.165, 1.54) is 39.4 Å². The van der Waals surface area contributed by atoms with E-state index in [0.717, 1.165) is 0 Å². The molecule has 1 aliphatic rings. The Labute approximate surface area is 156 Å². The number of ether oxygens (including phenoxy) is 4. The first-order valence-corrected chi connectivity index (χ1v) is 7.82. The summed E-state index contributed by atoms with van der Waals surface area (Å²) in [5.74, 6) is -0.631. The Morgan fingerprint density at radius 2 is 1.58 bits per heavy atom. The van der Waals surface area contributed by atoms with Crippen molar-refractivity contribution in [3.05, 3.63) is 52.9 Å². The third kappa shape index (κ3) is 3.67. The molecular weight excluding hydrogens is 362 g/mol. The molecule has 2 rings (SSSR count). The molecule has 138 valence electrons. The molecule has 0 saturated carbocycles. The van der Waals surface area contributed by atoms with Crippen LogP contribution in [0.4, 0.5) is 5.69 Å². The number of rotatable bonds is 5. The van der Waals surface area contributed by atoms with E-state index >= 15 is 0 Å². The lowest BCUT2D eigenvalue weighted by molar-refractivity contribution is -0.139. The second-order valence-corrected chi connectivity index (χ2v) is 5.38. The number of allylic oxidation sites excluding steroid dienone is 2. The minimum absolute atomic E-state index is 0.0262. The van der Waals surface area contributed by atoms with Crippen molar-refractivity contribution in [2.45, 2.75) is 0 Å². The molecule has 0 fully saturated rings. The van der Waals surface area contributed by atoms with Gasteiger partial charge in [0.25, 0.3) is 0 Å². The molecule has 1 aromatic rings. The van der Waals surface area contributed by atoms with Gasteiger partial charge in [0.05, 0.1) is 44.7 Å². The third-order valence-corrected chi connectivity index (χ3v) is 3.90. The van der Waals surface area contributed by atoms with Crippen molar-refractivity contribution < 1.29 is 28.5 Å². The molecule has 0 amide bonds. The normalized spacial score (nSPS) is 13.3. The first kappa shape index (κ1) is 19.4. The van der Waals surface area contributed by atoms with Gasteiger partial charge in [0, 0.05) is 12.3 Å². The van der Waals surface area contributed by atoms with Gasteiger partial charge < -0.3 is 23.8 Å². The average molecular weight is 380 g/mol. The number of halogens is 1. The van der Waals surface area contributed by atoms with Crippen molar-refractivity contribution in [3.63, 3.8) is 0 Å². The highest BCUT2D eigenvalue weighted by atomic mass is 35.5. The van der Waals surface area contributed by atoms with Crippen molar-refractivity contribution in [2.24, 2.45) is 0 Å². The molecular formula is C18H18ClNO6. The average Bonchev–Trinajstić information content (AvgIpc) is 2.89. The number of hydrogen-bond acceptors (Lipinski definition) is 7. The van der Waals surface area contributed by atoms with Crippen LogP contribution in [-0.2, 0) is 19.1 Å². The van der Waals surface area contributed by atoms with Crippen LogP contribution in [0.1, 0.15) is 0 Å². The molecule has 1 aromatic carbocycles. The maximum atomic E-state index is 12.4. The summed E-state index contributed by atoms with van der Waals surface area (Å²) in [6, 6.07) is 3.14. The van der Waals surface area contributed by atoms with Gasteiger partial charge >= 0.3 is 11.9 Å². The number of carbonyl (C=O) groups is 2. The van der Waals surface area contributed by atoms with E-state index in [4.69, 9.17) is 30.5 Å². The van der Waals surface area contributed by atoms with Crippen LogP contribution in [0.15, 0.2) is 47.8 Å². The molecule has 7 nitrogen and oxygen atoms in total. The van der Waals surface area contributed by atoms with E-state index in [0.29, 0.717) is 22.2 Å². The van der Waals surface area contributed by atoms with Crippen molar-refractivity contribution in [1.29, 1.82) is 0 Å². The molecule has 0 saturated heterocycles. The molecule has 0 spiro atoms. The third-order valence-electron chi connectivity index (χ3n) is 3.60. The minimum Gasteiger partial charge on any atom is -0.495 e. The smallest absolute Gasteiger partial charge is 0.355 e. The van der Waals surface area contributed by atoms with Gasteiger partial charge in [-0.3, -0.25) is 0 Å². The molecule has 26 heavy (non-hydrogen) atoms. The summed E-state index contributed by atoms with van der Waals surface area (Å²) in [4.78, 5) is 26.1. The van der Waals surface area contributed by atoms with E-state index in [-0.39, 0.29) is 11.3 Å². The number of hydrogen-bond donors (Lipinski definition) is 0. The summed E-state index contributed by atoms with van der Waals surface area (Å²) in [5.41, 5.74) is 0.405. The number of carbonyl (C=O) groups excluding carboxylic acids is 2. The Balaban J connectivity index is 2.75. The zero-order valence-corrected chi connectivity index (χ0v) is 15.5. The van der Waals surface area contributed by atoms with E-state index in [1.54, 1.807) is 30.5 Å². The van der Waals surface area contributed by atoms with Crippen LogP contribution in [0.25, 0.3) is 0 Å². The standard InChI is InChI=1S/C18H18ClNO6/c1-23-14-10-15(24-2)13(9-12(14)19)20-8-6-5-7-11(17(21)25-3)16(20)18(22)26-4/h5-10H,1-4H3. The second-order valence-electron chi connectivity index (χ2n) is 4.97. The Morgan fingerprint density at radius 1 is 0.923 bits per heavy atom. The van der Waals surface area contributed by atoms with E-state index in [9.17, 15) is 9.59 Å². The second kappa shape index (κ2) is 8.44. The van der Waals surface area contributed by atoms with Crippen LogP contribution in [0.3, 0.4) is 0 Å². The van der Waals surface area contributed by atoms with Gasteiger partial charge in [-0.1, -0.05) is 17.7 Å². The van der Waals surface area contributed by atoms with E-state index < -0.39 is 11.9 Å². The number of benzene rings is 1. The summed E-state index contributed by atoms with van der Waals surface area (Å²) in [6.07, 6.45) is 6.30. The largest absolute Gasteiger partial charge is 0.495 e. The van der Waals surface area contributed by atoms with Crippen molar-refractivity contribution in [1.82, 2.24) is 0 Å². The molecule has 0 N–H and O–H groups in total.